The molecule has 1 amide bonds. The van der Waals surface area contributed by atoms with Crippen LogP contribution in [-0.2, 0) is 17.8 Å². The van der Waals surface area contributed by atoms with E-state index in [1.54, 1.807) is 23.1 Å². The minimum absolute atomic E-state index is 0.0857. The summed E-state index contributed by atoms with van der Waals surface area (Å²) in [5, 5.41) is 11.1. The molecule has 3 aromatic carbocycles. The highest BCUT2D eigenvalue weighted by Gasteiger charge is 2.38. The van der Waals surface area contributed by atoms with Gasteiger partial charge in [0.1, 0.15) is 11.5 Å². The number of carbonyl (C=O) groups excluding carboxylic acids is 1. The number of ether oxygens (including phenoxy) is 2. The molecular weight excluding hydrogens is 442 g/mol. The Labute approximate surface area is 197 Å². The van der Waals surface area contributed by atoms with Gasteiger partial charge in [-0.25, -0.2) is 0 Å². The summed E-state index contributed by atoms with van der Waals surface area (Å²) in [5.74, 6) is 0.0352. The lowest BCUT2D eigenvalue weighted by Gasteiger charge is -2.20. The molecule has 0 bridgehead atoms. The van der Waals surface area contributed by atoms with Crippen LogP contribution in [0.5, 0.6) is 11.5 Å². The molecule has 0 saturated heterocycles. The number of hydrogen-bond donors (Lipinski definition) is 1. The Kier molecular flexibility index (Phi) is 6.21. The average molecular weight is 468 g/mol. The molecule has 0 aromatic heterocycles. The molecular formula is C26H26ClNO5. The molecule has 3 aromatic rings. The fourth-order valence-corrected chi connectivity index (χ4v) is 4.45. The summed E-state index contributed by atoms with van der Waals surface area (Å²) in [4.78, 5) is 26.4. The summed E-state index contributed by atoms with van der Waals surface area (Å²) < 4.78 is 12.4. The first-order chi connectivity index (χ1) is 15.7. The topological polar surface area (TPSA) is 76.1 Å². The second-order valence-corrected chi connectivity index (χ2v) is 9.05. The van der Waals surface area contributed by atoms with Crippen LogP contribution in [0.4, 0.5) is 5.69 Å². The molecule has 7 heteroatoms. The number of benzene rings is 3. The van der Waals surface area contributed by atoms with E-state index in [9.17, 15) is 9.59 Å². The standard InChI is InChI=1S/C26H26ClNO5/c1-14(2)32-24-17-7-5-6-8-18(17)25(33-15(3)4)23-19(24)13-28(26(23)31)21-10-9-16(11-20(21)27)12-22(29)30/h5-11,14-15H,12-13H2,1-4H3,(H,29,30). The van der Waals surface area contributed by atoms with Crippen LogP contribution in [0.2, 0.25) is 5.02 Å². The summed E-state index contributed by atoms with van der Waals surface area (Å²) in [5.41, 5.74) is 2.32. The van der Waals surface area contributed by atoms with Crippen molar-refractivity contribution in [2.45, 2.75) is 52.9 Å². The number of hydrogen-bond acceptors (Lipinski definition) is 4. The van der Waals surface area contributed by atoms with E-state index < -0.39 is 5.97 Å². The molecule has 1 aliphatic heterocycles. The predicted molar refractivity (Wildman–Crippen MR) is 129 cm³/mol. The van der Waals surface area contributed by atoms with Crippen LogP contribution in [0.1, 0.15) is 49.2 Å². The van der Waals surface area contributed by atoms with Crippen molar-refractivity contribution in [3.05, 3.63) is 64.2 Å². The highest BCUT2D eigenvalue weighted by Crippen LogP contribution is 2.47. The second-order valence-electron chi connectivity index (χ2n) is 8.64. The molecule has 4 rings (SSSR count). The van der Waals surface area contributed by atoms with Gasteiger partial charge >= 0.3 is 5.97 Å². The number of rotatable bonds is 7. The lowest BCUT2D eigenvalue weighted by Crippen LogP contribution is -2.24. The molecule has 0 spiro atoms. The number of anilines is 1. The smallest absolute Gasteiger partial charge is 0.307 e. The lowest BCUT2D eigenvalue weighted by molar-refractivity contribution is -0.136. The maximum atomic E-state index is 13.7. The largest absolute Gasteiger partial charge is 0.490 e. The fourth-order valence-electron chi connectivity index (χ4n) is 4.15. The minimum Gasteiger partial charge on any atom is -0.490 e. The number of fused-ring (bicyclic) bond motifs is 2. The third kappa shape index (κ3) is 4.35. The van der Waals surface area contributed by atoms with Crippen molar-refractivity contribution in [2.75, 3.05) is 4.90 Å². The van der Waals surface area contributed by atoms with E-state index in [1.807, 2.05) is 52.0 Å². The molecule has 172 valence electrons. The normalized spacial score (nSPS) is 13.2. The first-order valence-corrected chi connectivity index (χ1v) is 11.3. The summed E-state index contributed by atoms with van der Waals surface area (Å²) in [6, 6.07) is 12.7. The van der Waals surface area contributed by atoms with E-state index >= 15 is 0 Å². The van der Waals surface area contributed by atoms with Gasteiger partial charge in [0.15, 0.2) is 0 Å². The molecule has 1 aliphatic rings. The SMILES string of the molecule is CC(C)Oc1c2c(c(OC(C)C)c3ccccc13)C(=O)N(c1ccc(CC(=O)O)cc1Cl)C2. The highest BCUT2D eigenvalue weighted by atomic mass is 35.5. The van der Waals surface area contributed by atoms with Crippen LogP contribution in [0.25, 0.3) is 10.8 Å². The van der Waals surface area contributed by atoms with Crippen LogP contribution in [-0.4, -0.2) is 29.2 Å². The zero-order chi connectivity index (χ0) is 23.9. The van der Waals surface area contributed by atoms with Gasteiger partial charge in [0, 0.05) is 16.3 Å². The molecule has 1 heterocycles. The maximum absolute atomic E-state index is 13.7. The van der Waals surface area contributed by atoms with Crippen LogP contribution >= 0.6 is 11.6 Å². The van der Waals surface area contributed by atoms with Crippen LogP contribution in [0, 0.1) is 0 Å². The van der Waals surface area contributed by atoms with E-state index in [1.165, 1.54) is 0 Å². The Morgan fingerprint density at radius 3 is 2.21 bits per heavy atom. The number of nitrogens with zero attached hydrogens (tertiary/aromatic N) is 1. The summed E-state index contributed by atoms with van der Waals surface area (Å²) in [6.07, 6.45) is -0.356. The van der Waals surface area contributed by atoms with Gasteiger partial charge in [-0.15, -0.1) is 0 Å². The molecule has 0 saturated carbocycles. The van der Waals surface area contributed by atoms with Gasteiger partial charge in [-0.1, -0.05) is 41.9 Å². The molecule has 6 nitrogen and oxygen atoms in total. The van der Waals surface area contributed by atoms with Crippen molar-refractivity contribution >= 4 is 39.9 Å². The zero-order valence-electron chi connectivity index (χ0n) is 19.0. The Morgan fingerprint density at radius 2 is 1.64 bits per heavy atom. The third-order valence-corrected chi connectivity index (χ3v) is 5.66. The highest BCUT2D eigenvalue weighted by molar-refractivity contribution is 6.34. The number of carboxylic acid groups (broad SMARTS) is 1. The second kappa shape index (κ2) is 8.94. The average Bonchev–Trinajstić information content (AvgIpc) is 3.06. The Hall–Kier alpha value is -3.25. The third-order valence-electron chi connectivity index (χ3n) is 5.36. The van der Waals surface area contributed by atoms with Gasteiger partial charge in [-0.2, -0.15) is 0 Å². The lowest BCUT2D eigenvalue weighted by atomic mass is 9.99. The van der Waals surface area contributed by atoms with Crippen molar-refractivity contribution in [2.24, 2.45) is 0 Å². The monoisotopic (exact) mass is 467 g/mol. The minimum atomic E-state index is -0.943. The summed E-state index contributed by atoms with van der Waals surface area (Å²) in [6.45, 7) is 8.02. The van der Waals surface area contributed by atoms with Gasteiger partial charge < -0.3 is 19.5 Å². The number of halogens is 1. The van der Waals surface area contributed by atoms with E-state index in [4.69, 9.17) is 26.2 Å². The first-order valence-electron chi connectivity index (χ1n) is 10.9. The van der Waals surface area contributed by atoms with E-state index in [2.05, 4.69) is 0 Å². The first kappa shape index (κ1) is 22.9. The Bertz CT molecular complexity index is 1250. The Balaban J connectivity index is 1.89. The number of carbonyl (C=O) groups is 2. The number of aliphatic carboxylic acids is 1. The number of amides is 1. The van der Waals surface area contributed by atoms with E-state index in [0.29, 0.717) is 33.3 Å². The summed E-state index contributed by atoms with van der Waals surface area (Å²) in [7, 11) is 0. The fraction of sp³-hybridized carbons (Fsp3) is 0.308. The van der Waals surface area contributed by atoms with Crippen LogP contribution in [0.3, 0.4) is 0 Å². The molecule has 1 N–H and O–H groups in total. The van der Waals surface area contributed by atoms with Crippen molar-refractivity contribution < 1.29 is 24.2 Å². The van der Waals surface area contributed by atoms with Gasteiger partial charge in [0.05, 0.1) is 41.4 Å². The van der Waals surface area contributed by atoms with Gasteiger partial charge in [0.2, 0.25) is 0 Å². The van der Waals surface area contributed by atoms with Gasteiger partial charge in [0.25, 0.3) is 5.91 Å². The molecule has 0 unspecified atom stereocenters. The van der Waals surface area contributed by atoms with Crippen LogP contribution in [0.15, 0.2) is 42.5 Å². The maximum Gasteiger partial charge on any atom is 0.307 e. The van der Waals surface area contributed by atoms with E-state index in [0.717, 1.165) is 16.3 Å². The van der Waals surface area contributed by atoms with Crippen molar-refractivity contribution in [3.63, 3.8) is 0 Å². The predicted octanol–water partition coefficient (Wildman–Crippen LogP) is 5.86. The van der Waals surface area contributed by atoms with Gasteiger partial charge in [-0.05, 0) is 45.4 Å². The van der Waals surface area contributed by atoms with E-state index in [-0.39, 0.29) is 31.1 Å². The molecule has 33 heavy (non-hydrogen) atoms. The molecule has 0 radical (unpaired) electrons. The number of carboxylic acids is 1. The molecule has 0 atom stereocenters. The van der Waals surface area contributed by atoms with Gasteiger partial charge in [-0.3, -0.25) is 9.59 Å². The zero-order valence-corrected chi connectivity index (χ0v) is 19.8. The van der Waals surface area contributed by atoms with Crippen LogP contribution < -0.4 is 14.4 Å². The van der Waals surface area contributed by atoms with Crippen molar-refractivity contribution in [1.29, 1.82) is 0 Å². The quantitative estimate of drug-likeness (QED) is 0.471. The van der Waals surface area contributed by atoms with Crippen molar-refractivity contribution in [1.82, 2.24) is 0 Å². The molecule has 0 fully saturated rings. The summed E-state index contributed by atoms with van der Waals surface area (Å²) >= 11 is 6.50. The van der Waals surface area contributed by atoms with Crippen molar-refractivity contribution in [3.8, 4) is 11.5 Å². The molecule has 0 aliphatic carbocycles. The Morgan fingerprint density at radius 1 is 1.03 bits per heavy atom.